The van der Waals surface area contributed by atoms with Crippen LogP contribution >= 0.6 is 0 Å². The lowest BCUT2D eigenvalue weighted by Crippen LogP contribution is -2.12. The number of fused-ring (bicyclic) bond motifs is 1. The van der Waals surface area contributed by atoms with Gasteiger partial charge in [0.05, 0.1) is 5.52 Å². The van der Waals surface area contributed by atoms with Crippen LogP contribution in [0, 0.1) is 13.8 Å². The molecule has 0 bridgehead atoms. The highest BCUT2D eigenvalue weighted by Crippen LogP contribution is 2.32. The summed E-state index contributed by atoms with van der Waals surface area (Å²) in [5.41, 5.74) is 2.98. The van der Waals surface area contributed by atoms with Gasteiger partial charge in [0.15, 0.2) is 0 Å². The van der Waals surface area contributed by atoms with E-state index in [0.717, 1.165) is 11.1 Å². The van der Waals surface area contributed by atoms with Crippen molar-refractivity contribution < 1.29 is 13.2 Å². The number of para-hydroxylation sites is 1. The number of rotatable bonds is 2. The van der Waals surface area contributed by atoms with E-state index >= 15 is 0 Å². The van der Waals surface area contributed by atoms with Gasteiger partial charge in [0.1, 0.15) is 5.82 Å². The van der Waals surface area contributed by atoms with Crippen molar-refractivity contribution in [1.82, 2.24) is 9.97 Å². The highest BCUT2D eigenvalue weighted by atomic mass is 19.4. The summed E-state index contributed by atoms with van der Waals surface area (Å²) in [7, 11) is 0. The summed E-state index contributed by atoms with van der Waals surface area (Å²) in [6.07, 6.45) is -4.59. The molecule has 2 aromatic carbocycles. The van der Waals surface area contributed by atoms with E-state index in [-0.39, 0.29) is 11.3 Å². The lowest BCUT2D eigenvalue weighted by Gasteiger charge is -2.14. The second kappa shape index (κ2) is 5.53. The Balaban J connectivity index is 2.15. The summed E-state index contributed by atoms with van der Waals surface area (Å²) in [6, 6.07) is 12.3. The van der Waals surface area contributed by atoms with E-state index in [9.17, 15) is 13.2 Å². The van der Waals surface area contributed by atoms with E-state index in [4.69, 9.17) is 0 Å². The first-order valence-electron chi connectivity index (χ1n) is 7.03. The monoisotopic (exact) mass is 317 g/mol. The Morgan fingerprint density at radius 2 is 1.70 bits per heavy atom. The van der Waals surface area contributed by atoms with E-state index < -0.39 is 12.0 Å². The molecule has 0 saturated carbocycles. The number of hydrogen-bond acceptors (Lipinski definition) is 3. The third-order valence-corrected chi connectivity index (χ3v) is 3.49. The van der Waals surface area contributed by atoms with Gasteiger partial charge < -0.3 is 5.32 Å². The summed E-state index contributed by atoms with van der Waals surface area (Å²) in [5, 5.41) is 3.55. The molecule has 0 saturated heterocycles. The van der Waals surface area contributed by atoms with Crippen LogP contribution in [0.4, 0.5) is 24.7 Å². The third-order valence-electron chi connectivity index (χ3n) is 3.49. The number of hydrogen-bond donors (Lipinski definition) is 1. The molecular formula is C17H14F3N3. The smallest absolute Gasteiger partial charge is 0.339 e. The minimum absolute atomic E-state index is 0.148. The molecule has 1 heterocycles. The van der Waals surface area contributed by atoms with Crippen molar-refractivity contribution in [3.8, 4) is 0 Å². The number of anilines is 2. The molecule has 3 nitrogen and oxygen atoms in total. The van der Waals surface area contributed by atoms with Crippen molar-refractivity contribution in [2.75, 3.05) is 5.32 Å². The first kappa shape index (κ1) is 15.3. The summed E-state index contributed by atoms with van der Waals surface area (Å²) in [6.45, 7) is 3.85. The Labute approximate surface area is 131 Å². The topological polar surface area (TPSA) is 37.8 Å². The van der Waals surface area contributed by atoms with Crippen molar-refractivity contribution in [2.45, 2.75) is 20.0 Å². The number of alkyl halides is 3. The van der Waals surface area contributed by atoms with E-state index in [0.29, 0.717) is 11.1 Å². The van der Waals surface area contributed by atoms with E-state index in [2.05, 4.69) is 15.3 Å². The summed E-state index contributed by atoms with van der Waals surface area (Å²) in [4.78, 5) is 7.29. The van der Waals surface area contributed by atoms with Gasteiger partial charge in [-0.05, 0) is 37.6 Å². The molecule has 0 fully saturated rings. The molecule has 6 heteroatoms. The molecule has 0 aliphatic carbocycles. The highest BCUT2D eigenvalue weighted by Gasteiger charge is 2.35. The van der Waals surface area contributed by atoms with Gasteiger partial charge in [-0.2, -0.15) is 13.2 Å². The lowest BCUT2D eigenvalue weighted by molar-refractivity contribution is -0.144. The molecule has 23 heavy (non-hydrogen) atoms. The van der Waals surface area contributed by atoms with Crippen molar-refractivity contribution in [3.05, 3.63) is 59.4 Å². The summed E-state index contributed by atoms with van der Waals surface area (Å²) < 4.78 is 39.0. The second-order valence-electron chi connectivity index (χ2n) is 5.35. The molecular weight excluding hydrogens is 303 g/mol. The number of aryl methyl sites for hydroxylation is 2. The zero-order valence-corrected chi connectivity index (χ0v) is 12.6. The van der Waals surface area contributed by atoms with Crippen LogP contribution in [0.2, 0.25) is 0 Å². The van der Waals surface area contributed by atoms with E-state index in [1.165, 1.54) is 0 Å². The van der Waals surface area contributed by atoms with Gasteiger partial charge in [-0.3, -0.25) is 0 Å². The first-order chi connectivity index (χ1) is 10.8. The van der Waals surface area contributed by atoms with Gasteiger partial charge in [0.2, 0.25) is 5.82 Å². The van der Waals surface area contributed by atoms with Gasteiger partial charge in [-0.25, -0.2) is 9.97 Å². The van der Waals surface area contributed by atoms with Gasteiger partial charge >= 0.3 is 6.18 Å². The predicted octanol–water partition coefficient (Wildman–Crippen LogP) is 5.01. The predicted molar refractivity (Wildman–Crippen MR) is 83.7 cm³/mol. The van der Waals surface area contributed by atoms with Gasteiger partial charge in [0.25, 0.3) is 0 Å². The summed E-state index contributed by atoms with van der Waals surface area (Å²) >= 11 is 0. The Kier molecular flexibility index (Phi) is 3.67. The number of aromatic nitrogens is 2. The number of nitrogens with one attached hydrogen (secondary N) is 1. The standard InChI is InChI=1S/C17H14F3N3/c1-10-7-8-13(11(2)9-10)21-15-12-5-3-4-6-14(12)22-16(23-15)17(18,19)20/h3-9H,1-2H3,(H,21,22,23). The van der Waals surface area contributed by atoms with Crippen LogP contribution in [0.25, 0.3) is 10.9 Å². The van der Waals surface area contributed by atoms with Gasteiger partial charge in [0, 0.05) is 11.1 Å². The van der Waals surface area contributed by atoms with Crippen molar-refractivity contribution >= 4 is 22.4 Å². The van der Waals surface area contributed by atoms with Gasteiger partial charge in [-0.15, -0.1) is 0 Å². The number of nitrogens with zero attached hydrogens (tertiary/aromatic N) is 2. The fourth-order valence-electron chi connectivity index (χ4n) is 2.38. The fourth-order valence-corrected chi connectivity index (χ4v) is 2.38. The Morgan fingerprint density at radius 3 is 2.39 bits per heavy atom. The molecule has 3 aromatic rings. The number of halogens is 3. The molecule has 118 valence electrons. The fraction of sp³-hybridized carbons (Fsp3) is 0.176. The zero-order valence-electron chi connectivity index (χ0n) is 12.6. The van der Waals surface area contributed by atoms with Crippen molar-refractivity contribution in [1.29, 1.82) is 0 Å². The quantitative estimate of drug-likeness (QED) is 0.722. The minimum Gasteiger partial charge on any atom is -0.339 e. The van der Waals surface area contributed by atoms with Crippen molar-refractivity contribution in [3.63, 3.8) is 0 Å². The lowest BCUT2D eigenvalue weighted by atomic mass is 10.1. The van der Waals surface area contributed by atoms with Crippen LogP contribution in [-0.2, 0) is 6.18 Å². The zero-order chi connectivity index (χ0) is 16.6. The maximum absolute atomic E-state index is 13.0. The van der Waals surface area contributed by atoms with Crippen LogP contribution in [0.15, 0.2) is 42.5 Å². The van der Waals surface area contributed by atoms with Crippen molar-refractivity contribution in [2.24, 2.45) is 0 Å². The molecule has 0 radical (unpaired) electrons. The molecule has 1 aromatic heterocycles. The second-order valence-corrected chi connectivity index (χ2v) is 5.35. The molecule has 0 aliphatic heterocycles. The molecule has 0 atom stereocenters. The molecule has 0 spiro atoms. The number of benzene rings is 2. The van der Waals surface area contributed by atoms with Crippen LogP contribution in [0.3, 0.4) is 0 Å². The maximum atomic E-state index is 13.0. The SMILES string of the molecule is Cc1ccc(Nc2nc(C(F)(F)F)nc3ccccc23)c(C)c1. The van der Waals surface area contributed by atoms with E-state index in [1.54, 1.807) is 24.3 Å². The van der Waals surface area contributed by atoms with Crippen LogP contribution in [0.1, 0.15) is 17.0 Å². The van der Waals surface area contributed by atoms with Gasteiger partial charge in [-0.1, -0.05) is 29.8 Å². The average molecular weight is 317 g/mol. The van der Waals surface area contributed by atoms with Crippen LogP contribution in [-0.4, -0.2) is 9.97 Å². The Morgan fingerprint density at radius 1 is 0.957 bits per heavy atom. The maximum Gasteiger partial charge on any atom is 0.451 e. The average Bonchev–Trinajstić information content (AvgIpc) is 2.49. The highest BCUT2D eigenvalue weighted by molar-refractivity contribution is 5.91. The molecule has 1 N–H and O–H groups in total. The largest absolute Gasteiger partial charge is 0.451 e. The Hall–Kier alpha value is -2.63. The molecule has 3 rings (SSSR count). The van der Waals surface area contributed by atoms with Crippen LogP contribution < -0.4 is 5.32 Å². The van der Waals surface area contributed by atoms with Crippen LogP contribution in [0.5, 0.6) is 0 Å². The summed E-state index contributed by atoms with van der Waals surface area (Å²) in [5.74, 6) is -1.00. The molecule has 0 aliphatic rings. The molecule has 0 unspecified atom stereocenters. The minimum atomic E-state index is -4.59. The first-order valence-corrected chi connectivity index (χ1v) is 7.03. The Bertz CT molecular complexity index is 873. The van der Waals surface area contributed by atoms with E-state index in [1.807, 2.05) is 32.0 Å². The molecule has 0 amide bonds. The normalized spacial score (nSPS) is 11.7. The third kappa shape index (κ3) is 3.11.